The van der Waals surface area contributed by atoms with Crippen molar-refractivity contribution in [2.24, 2.45) is 5.73 Å². The summed E-state index contributed by atoms with van der Waals surface area (Å²) in [6.07, 6.45) is -0.623. The molecule has 0 saturated carbocycles. The smallest absolute Gasteiger partial charge is 0.239 e. The third-order valence-electron chi connectivity index (χ3n) is 5.83. The lowest BCUT2D eigenvalue weighted by Gasteiger charge is -2.39. The molecule has 1 amide bonds. The van der Waals surface area contributed by atoms with Gasteiger partial charge in [-0.3, -0.25) is 14.6 Å². The first kappa shape index (κ1) is 23.1. The molecule has 3 rings (SSSR count). The Morgan fingerprint density at radius 3 is 2.23 bits per heavy atom. The Kier molecular flexibility index (Phi) is 7.90. The molecule has 0 aliphatic carbocycles. The van der Waals surface area contributed by atoms with Crippen LogP contribution in [0.25, 0.3) is 0 Å². The number of nitrogens with zero attached hydrogens (tertiary/aromatic N) is 2. The van der Waals surface area contributed by atoms with Crippen LogP contribution in [0.3, 0.4) is 0 Å². The molecule has 168 valence electrons. The highest BCUT2D eigenvalue weighted by molar-refractivity contribution is 5.82. The maximum Gasteiger partial charge on any atom is 0.239 e. The molecule has 7 heteroatoms. The van der Waals surface area contributed by atoms with E-state index in [4.69, 9.17) is 15.2 Å². The first-order valence-electron chi connectivity index (χ1n) is 10.7. The summed E-state index contributed by atoms with van der Waals surface area (Å²) in [5.74, 6) is 0.940. The number of aliphatic hydroxyl groups is 1. The third-order valence-corrected chi connectivity index (χ3v) is 5.83. The molecule has 0 spiro atoms. The number of hydrogen-bond donors (Lipinski definition) is 2. The van der Waals surface area contributed by atoms with E-state index in [0.29, 0.717) is 31.1 Å². The van der Waals surface area contributed by atoms with E-state index in [1.807, 2.05) is 56.3 Å². The van der Waals surface area contributed by atoms with E-state index >= 15 is 0 Å². The number of rotatable bonds is 9. The fourth-order valence-corrected chi connectivity index (χ4v) is 4.24. The van der Waals surface area contributed by atoms with Gasteiger partial charge < -0.3 is 20.3 Å². The van der Waals surface area contributed by atoms with Gasteiger partial charge in [0, 0.05) is 32.7 Å². The second-order valence-corrected chi connectivity index (χ2v) is 8.06. The molecule has 1 heterocycles. The number of benzene rings is 2. The van der Waals surface area contributed by atoms with E-state index in [2.05, 4.69) is 9.80 Å². The van der Waals surface area contributed by atoms with E-state index in [1.165, 1.54) is 0 Å². The summed E-state index contributed by atoms with van der Waals surface area (Å²) in [7, 11) is 1.59. The Hall–Kier alpha value is -2.61. The molecule has 0 bridgehead atoms. The first-order valence-corrected chi connectivity index (χ1v) is 10.7. The number of primary amides is 1. The minimum Gasteiger partial charge on any atom is -0.493 e. The highest BCUT2D eigenvalue weighted by Crippen LogP contribution is 2.28. The highest BCUT2D eigenvalue weighted by Gasteiger charge is 2.31. The molecule has 2 unspecified atom stereocenters. The van der Waals surface area contributed by atoms with Crippen molar-refractivity contribution in [3.63, 3.8) is 0 Å². The zero-order valence-electron chi connectivity index (χ0n) is 18.6. The summed E-state index contributed by atoms with van der Waals surface area (Å²) in [4.78, 5) is 16.7. The van der Waals surface area contributed by atoms with Gasteiger partial charge in [0.05, 0.1) is 7.11 Å². The summed E-state index contributed by atoms with van der Waals surface area (Å²) >= 11 is 0. The molecule has 3 N–H and O–H groups in total. The van der Waals surface area contributed by atoms with Crippen LogP contribution in [0.15, 0.2) is 42.5 Å². The lowest BCUT2D eigenvalue weighted by Crippen LogP contribution is -2.52. The van der Waals surface area contributed by atoms with Crippen LogP contribution in [-0.4, -0.2) is 73.4 Å². The number of methoxy groups -OCH3 is 1. The maximum atomic E-state index is 12.3. The van der Waals surface area contributed by atoms with Gasteiger partial charge in [-0.1, -0.05) is 30.3 Å². The van der Waals surface area contributed by atoms with Gasteiger partial charge in [0.25, 0.3) is 0 Å². The summed E-state index contributed by atoms with van der Waals surface area (Å²) in [6, 6.07) is 13.0. The summed E-state index contributed by atoms with van der Waals surface area (Å²) < 4.78 is 11.0. The van der Waals surface area contributed by atoms with Crippen LogP contribution in [0.1, 0.15) is 22.7 Å². The minimum absolute atomic E-state index is 0.187. The van der Waals surface area contributed by atoms with Gasteiger partial charge in [0.15, 0.2) is 11.5 Å². The SMILES string of the molecule is COc1ccccc1OCC(O)CN1CCN(C(C(N)=O)c2c(C)cccc2C)CC1. The van der Waals surface area contributed by atoms with Gasteiger partial charge in [-0.2, -0.15) is 0 Å². The van der Waals surface area contributed by atoms with Crippen molar-refractivity contribution in [1.82, 2.24) is 9.80 Å². The van der Waals surface area contributed by atoms with Crippen molar-refractivity contribution >= 4 is 5.91 Å². The number of amides is 1. The van der Waals surface area contributed by atoms with Crippen LogP contribution >= 0.6 is 0 Å². The predicted octanol–water partition coefficient (Wildman–Crippen LogP) is 1.90. The third kappa shape index (κ3) is 5.76. The van der Waals surface area contributed by atoms with Gasteiger partial charge in [-0.05, 0) is 42.7 Å². The number of nitrogens with two attached hydrogens (primary N) is 1. The molecule has 2 aromatic rings. The van der Waals surface area contributed by atoms with Crippen molar-refractivity contribution in [3.8, 4) is 11.5 Å². The van der Waals surface area contributed by atoms with Crippen molar-refractivity contribution in [2.75, 3.05) is 46.4 Å². The number of carbonyl (C=O) groups excluding carboxylic acids is 1. The molecule has 31 heavy (non-hydrogen) atoms. The Balaban J connectivity index is 1.54. The zero-order valence-corrected chi connectivity index (χ0v) is 18.6. The summed E-state index contributed by atoms with van der Waals surface area (Å²) in [5, 5.41) is 10.4. The number of piperazine rings is 1. The van der Waals surface area contributed by atoms with Crippen molar-refractivity contribution in [3.05, 3.63) is 59.2 Å². The molecule has 0 aromatic heterocycles. The number of para-hydroxylation sites is 2. The number of hydrogen-bond acceptors (Lipinski definition) is 6. The maximum absolute atomic E-state index is 12.3. The number of aryl methyl sites for hydroxylation is 2. The highest BCUT2D eigenvalue weighted by atomic mass is 16.5. The molecule has 2 atom stereocenters. The number of carbonyl (C=O) groups is 1. The molecule has 2 aromatic carbocycles. The quantitative estimate of drug-likeness (QED) is 0.636. The standard InChI is InChI=1S/C24H33N3O4/c1-17-7-6-8-18(2)22(17)23(24(25)29)27-13-11-26(12-14-27)15-19(28)16-31-21-10-5-4-9-20(21)30-3/h4-10,19,23,28H,11-16H2,1-3H3,(H2,25,29). The average Bonchev–Trinajstić information content (AvgIpc) is 2.75. The van der Waals surface area contributed by atoms with Crippen molar-refractivity contribution in [1.29, 1.82) is 0 Å². The van der Waals surface area contributed by atoms with Crippen LogP contribution in [-0.2, 0) is 4.79 Å². The van der Waals surface area contributed by atoms with Gasteiger partial charge in [-0.15, -0.1) is 0 Å². The van der Waals surface area contributed by atoms with E-state index < -0.39 is 12.1 Å². The van der Waals surface area contributed by atoms with Crippen LogP contribution in [0.4, 0.5) is 0 Å². The van der Waals surface area contributed by atoms with Crippen LogP contribution in [0.5, 0.6) is 11.5 Å². The summed E-state index contributed by atoms with van der Waals surface area (Å²) in [6.45, 7) is 7.66. The Morgan fingerprint density at radius 2 is 1.65 bits per heavy atom. The Morgan fingerprint density at radius 1 is 1.03 bits per heavy atom. The Labute approximate surface area is 184 Å². The van der Waals surface area contributed by atoms with E-state index in [9.17, 15) is 9.90 Å². The molecule has 1 fully saturated rings. The van der Waals surface area contributed by atoms with Crippen LogP contribution in [0, 0.1) is 13.8 Å². The number of β-amino-alcohol motifs (C(OH)–C–C–N with tert-alkyl or cyclic N) is 1. The van der Waals surface area contributed by atoms with E-state index in [-0.39, 0.29) is 12.5 Å². The van der Waals surface area contributed by atoms with E-state index in [1.54, 1.807) is 7.11 Å². The fraction of sp³-hybridized carbons (Fsp3) is 0.458. The van der Waals surface area contributed by atoms with Crippen molar-refractivity contribution in [2.45, 2.75) is 26.0 Å². The van der Waals surface area contributed by atoms with Crippen molar-refractivity contribution < 1.29 is 19.4 Å². The fourth-order valence-electron chi connectivity index (χ4n) is 4.24. The lowest BCUT2D eigenvalue weighted by molar-refractivity contribution is -0.124. The molecule has 1 saturated heterocycles. The topological polar surface area (TPSA) is 88.3 Å². The van der Waals surface area contributed by atoms with Gasteiger partial charge in [0.2, 0.25) is 5.91 Å². The molecule has 7 nitrogen and oxygen atoms in total. The lowest BCUT2D eigenvalue weighted by atomic mass is 9.94. The second-order valence-electron chi connectivity index (χ2n) is 8.06. The molecular formula is C24H33N3O4. The van der Waals surface area contributed by atoms with Crippen LogP contribution < -0.4 is 15.2 Å². The number of ether oxygens (including phenoxy) is 2. The minimum atomic E-state index is -0.623. The van der Waals surface area contributed by atoms with Gasteiger partial charge in [0.1, 0.15) is 18.8 Å². The molecular weight excluding hydrogens is 394 g/mol. The van der Waals surface area contributed by atoms with Crippen LogP contribution in [0.2, 0.25) is 0 Å². The monoisotopic (exact) mass is 427 g/mol. The molecule has 1 aliphatic rings. The summed E-state index contributed by atoms with van der Waals surface area (Å²) in [5.41, 5.74) is 8.98. The van der Waals surface area contributed by atoms with Gasteiger partial charge >= 0.3 is 0 Å². The van der Waals surface area contributed by atoms with Gasteiger partial charge in [-0.25, -0.2) is 0 Å². The predicted molar refractivity (Wildman–Crippen MR) is 120 cm³/mol. The zero-order chi connectivity index (χ0) is 22.4. The first-order chi connectivity index (χ1) is 14.9. The second kappa shape index (κ2) is 10.6. The normalized spacial score (nSPS) is 17.2. The largest absolute Gasteiger partial charge is 0.493 e. The number of aliphatic hydroxyl groups excluding tert-OH is 1. The Bertz CT molecular complexity index is 861. The molecule has 0 radical (unpaired) electrons. The molecule has 1 aliphatic heterocycles. The average molecular weight is 428 g/mol. The van der Waals surface area contributed by atoms with E-state index in [0.717, 1.165) is 29.8 Å².